The van der Waals surface area contributed by atoms with Gasteiger partial charge in [-0.1, -0.05) is 13.3 Å². The highest BCUT2D eigenvalue weighted by molar-refractivity contribution is 5.98. The molecule has 6 heteroatoms. The van der Waals surface area contributed by atoms with Crippen molar-refractivity contribution in [3.63, 3.8) is 0 Å². The van der Waals surface area contributed by atoms with E-state index in [9.17, 15) is 14.7 Å². The Hall–Kier alpha value is -2.37. The van der Waals surface area contributed by atoms with Crippen LogP contribution in [0.4, 0.5) is 5.69 Å². The molecule has 1 aliphatic rings. The van der Waals surface area contributed by atoms with Gasteiger partial charge in [0, 0.05) is 24.2 Å². The molecule has 6 nitrogen and oxygen atoms in total. The lowest BCUT2D eigenvalue weighted by molar-refractivity contribution is -0.144. The number of carboxylic acid groups (broad SMARTS) is 1. The molecule has 0 fully saturated rings. The second-order valence-corrected chi connectivity index (χ2v) is 6.10. The molecular weight excluding hydrogens is 294 g/mol. The van der Waals surface area contributed by atoms with E-state index in [1.54, 1.807) is 12.1 Å². The highest BCUT2D eigenvalue weighted by atomic mass is 16.4. The number of hydrazone groups is 1. The van der Waals surface area contributed by atoms with Gasteiger partial charge in [-0.15, -0.1) is 0 Å². The van der Waals surface area contributed by atoms with Crippen LogP contribution in [0.2, 0.25) is 0 Å². The zero-order chi connectivity index (χ0) is 17.0. The van der Waals surface area contributed by atoms with Crippen molar-refractivity contribution in [1.82, 2.24) is 5.32 Å². The molecule has 1 heterocycles. The van der Waals surface area contributed by atoms with Crippen molar-refractivity contribution in [3.05, 3.63) is 29.8 Å². The van der Waals surface area contributed by atoms with Gasteiger partial charge in [0.2, 0.25) is 0 Å². The van der Waals surface area contributed by atoms with Crippen molar-refractivity contribution >= 4 is 23.3 Å². The summed E-state index contributed by atoms with van der Waals surface area (Å²) in [4.78, 5) is 23.7. The molecule has 0 saturated heterocycles. The summed E-state index contributed by atoms with van der Waals surface area (Å²) >= 11 is 0. The minimum absolute atomic E-state index is 0.379. The van der Waals surface area contributed by atoms with Crippen LogP contribution in [0, 0.1) is 0 Å². The van der Waals surface area contributed by atoms with Gasteiger partial charge < -0.3 is 10.4 Å². The van der Waals surface area contributed by atoms with Gasteiger partial charge in [0.05, 0.1) is 5.69 Å². The third-order valence-corrected chi connectivity index (χ3v) is 4.02. The first-order chi connectivity index (χ1) is 10.9. The number of carbonyl (C=O) groups is 2. The largest absolute Gasteiger partial charge is 0.480 e. The molecule has 2 rings (SSSR count). The Bertz CT molecular complexity index is 624. The fourth-order valence-corrected chi connectivity index (χ4v) is 2.59. The molecular formula is C17H23N3O3. The maximum Gasteiger partial charge on any atom is 0.329 e. The summed E-state index contributed by atoms with van der Waals surface area (Å²) in [5.41, 5.74) is 1.20. The highest BCUT2D eigenvalue weighted by Gasteiger charge is 2.34. The second-order valence-electron chi connectivity index (χ2n) is 6.10. The van der Waals surface area contributed by atoms with Crippen LogP contribution < -0.4 is 10.3 Å². The molecule has 0 aliphatic carbocycles. The van der Waals surface area contributed by atoms with Crippen molar-refractivity contribution in [2.75, 3.05) is 11.6 Å². The summed E-state index contributed by atoms with van der Waals surface area (Å²) in [5.74, 6) is -1.40. The smallest absolute Gasteiger partial charge is 0.329 e. The van der Waals surface area contributed by atoms with Crippen LogP contribution in [0.15, 0.2) is 29.4 Å². The monoisotopic (exact) mass is 317 g/mol. The van der Waals surface area contributed by atoms with Crippen molar-refractivity contribution in [2.24, 2.45) is 5.10 Å². The van der Waals surface area contributed by atoms with Gasteiger partial charge in [-0.25, -0.2) is 4.79 Å². The molecule has 0 aromatic heterocycles. The molecule has 0 spiro atoms. The van der Waals surface area contributed by atoms with E-state index in [4.69, 9.17) is 0 Å². The fourth-order valence-electron chi connectivity index (χ4n) is 2.59. The quantitative estimate of drug-likeness (QED) is 0.845. The lowest BCUT2D eigenvalue weighted by Crippen LogP contribution is -2.52. The number of carboxylic acids is 1. The Kier molecular flexibility index (Phi) is 5.03. The number of nitrogens with one attached hydrogen (secondary N) is 1. The molecule has 1 aliphatic heterocycles. The molecule has 23 heavy (non-hydrogen) atoms. The lowest BCUT2D eigenvalue weighted by atomic mass is 9.95. The van der Waals surface area contributed by atoms with Crippen molar-refractivity contribution < 1.29 is 14.7 Å². The topological polar surface area (TPSA) is 82.0 Å². The minimum atomic E-state index is -1.25. The van der Waals surface area contributed by atoms with Gasteiger partial charge in [0.15, 0.2) is 0 Å². The number of aliphatic carboxylic acids is 1. The van der Waals surface area contributed by atoms with Crippen molar-refractivity contribution in [1.29, 1.82) is 0 Å². The number of benzene rings is 1. The molecule has 1 aromatic carbocycles. The van der Waals surface area contributed by atoms with E-state index in [2.05, 4.69) is 10.4 Å². The van der Waals surface area contributed by atoms with E-state index < -0.39 is 11.5 Å². The van der Waals surface area contributed by atoms with Crippen LogP contribution in [-0.4, -0.2) is 34.8 Å². The number of nitrogens with zero attached hydrogens (tertiary/aromatic N) is 2. The standard InChI is InChI=1S/C17H23N3O3/c1-4-10-17(3,16(22)23)18-15(21)13-5-7-14(8-6-13)20-11-9-12(2)19-20/h5-8H,4,9-11H2,1-3H3,(H,18,21)(H,22,23). The van der Waals surface area contributed by atoms with Gasteiger partial charge in [-0.05, 0) is 44.5 Å². The number of hydrogen-bond acceptors (Lipinski definition) is 4. The predicted octanol–water partition coefficient (Wildman–Crippen LogP) is 2.65. The zero-order valence-corrected chi connectivity index (χ0v) is 13.8. The predicted molar refractivity (Wildman–Crippen MR) is 89.9 cm³/mol. The van der Waals surface area contributed by atoms with Crippen LogP contribution in [0.3, 0.4) is 0 Å². The molecule has 1 amide bonds. The van der Waals surface area contributed by atoms with Crippen LogP contribution in [-0.2, 0) is 4.79 Å². The normalized spacial score (nSPS) is 16.7. The Morgan fingerprint density at radius 2 is 2.00 bits per heavy atom. The Labute approximate surface area is 136 Å². The number of amides is 1. The highest BCUT2D eigenvalue weighted by Crippen LogP contribution is 2.20. The van der Waals surface area contributed by atoms with Gasteiger partial charge in [0.25, 0.3) is 5.91 Å². The SMILES string of the molecule is CCCC(C)(NC(=O)c1ccc(N2CCC(C)=N2)cc1)C(=O)O. The molecule has 0 saturated carbocycles. The average Bonchev–Trinajstić information content (AvgIpc) is 2.94. The number of carbonyl (C=O) groups excluding carboxylic acids is 1. The summed E-state index contributed by atoms with van der Waals surface area (Å²) in [7, 11) is 0. The van der Waals surface area contributed by atoms with Crippen LogP contribution in [0.5, 0.6) is 0 Å². The zero-order valence-electron chi connectivity index (χ0n) is 13.8. The molecule has 1 aromatic rings. The summed E-state index contributed by atoms with van der Waals surface area (Å²) in [6.45, 7) is 6.25. The number of hydrogen-bond donors (Lipinski definition) is 2. The fraction of sp³-hybridized carbons (Fsp3) is 0.471. The number of rotatable bonds is 6. The molecule has 0 radical (unpaired) electrons. The first-order valence-corrected chi connectivity index (χ1v) is 7.83. The molecule has 0 bridgehead atoms. The summed E-state index contributed by atoms with van der Waals surface area (Å²) < 4.78 is 0. The lowest BCUT2D eigenvalue weighted by Gasteiger charge is -2.25. The van der Waals surface area contributed by atoms with Gasteiger partial charge in [0.1, 0.15) is 5.54 Å². The first kappa shape index (κ1) is 17.0. The van der Waals surface area contributed by atoms with Crippen molar-refractivity contribution in [2.45, 2.75) is 45.6 Å². The maximum atomic E-state index is 12.3. The van der Waals surface area contributed by atoms with E-state index >= 15 is 0 Å². The van der Waals surface area contributed by atoms with E-state index in [0.717, 1.165) is 24.4 Å². The first-order valence-electron chi connectivity index (χ1n) is 7.83. The van der Waals surface area contributed by atoms with E-state index in [1.165, 1.54) is 6.92 Å². The summed E-state index contributed by atoms with van der Waals surface area (Å²) in [5, 5.41) is 18.3. The summed E-state index contributed by atoms with van der Waals surface area (Å²) in [6.07, 6.45) is 2.00. The maximum absolute atomic E-state index is 12.3. The Morgan fingerprint density at radius 3 is 2.48 bits per heavy atom. The third kappa shape index (κ3) is 3.88. The van der Waals surface area contributed by atoms with Crippen molar-refractivity contribution in [3.8, 4) is 0 Å². The van der Waals surface area contributed by atoms with Gasteiger partial charge in [-0.3, -0.25) is 9.80 Å². The van der Waals surface area contributed by atoms with Gasteiger partial charge >= 0.3 is 5.97 Å². The molecule has 124 valence electrons. The third-order valence-electron chi connectivity index (χ3n) is 4.02. The average molecular weight is 317 g/mol. The molecule has 2 N–H and O–H groups in total. The van der Waals surface area contributed by atoms with Gasteiger partial charge in [-0.2, -0.15) is 5.10 Å². The Morgan fingerprint density at radius 1 is 1.35 bits per heavy atom. The number of anilines is 1. The van der Waals surface area contributed by atoms with Crippen LogP contribution >= 0.6 is 0 Å². The van der Waals surface area contributed by atoms with E-state index in [-0.39, 0.29) is 5.91 Å². The van der Waals surface area contributed by atoms with Crippen LogP contribution in [0.1, 0.15) is 50.4 Å². The Balaban J connectivity index is 2.09. The van der Waals surface area contributed by atoms with E-state index in [0.29, 0.717) is 18.4 Å². The molecule has 1 atom stereocenters. The second kappa shape index (κ2) is 6.81. The van der Waals surface area contributed by atoms with E-state index in [1.807, 2.05) is 31.0 Å². The molecule has 1 unspecified atom stereocenters. The minimum Gasteiger partial charge on any atom is -0.480 e. The summed E-state index contributed by atoms with van der Waals surface area (Å²) in [6, 6.07) is 7.05. The van der Waals surface area contributed by atoms with Crippen LogP contribution in [0.25, 0.3) is 0 Å².